The summed E-state index contributed by atoms with van der Waals surface area (Å²) in [6.07, 6.45) is 6.23. The first-order valence-corrected chi connectivity index (χ1v) is 6.54. The molecule has 1 amide bonds. The van der Waals surface area contributed by atoms with Crippen molar-refractivity contribution in [3.05, 3.63) is 26.8 Å². The SMILES string of the molecule is O=C1NC2(CCCCC2)n2c1ncc(Br)c2=O. The molecule has 0 aromatic carbocycles. The van der Waals surface area contributed by atoms with E-state index in [1.165, 1.54) is 6.20 Å². The summed E-state index contributed by atoms with van der Waals surface area (Å²) in [7, 11) is 0. The fourth-order valence-electron chi connectivity index (χ4n) is 2.80. The average molecular weight is 298 g/mol. The molecule has 1 fully saturated rings. The molecule has 1 saturated carbocycles. The molecule has 0 saturated heterocycles. The lowest BCUT2D eigenvalue weighted by Gasteiger charge is -2.34. The Kier molecular flexibility index (Phi) is 2.36. The first-order chi connectivity index (χ1) is 8.14. The number of nitrogens with one attached hydrogen (secondary N) is 1. The van der Waals surface area contributed by atoms with Crippen LogP contribution in [0.5, 0.6) is 0 Å². The van der Waals surface area contributed by atoms with Gasteiger partial charge in [-0.1, -0.05) is 6.42 Å². The van der Waals surface area contributed by atoms with Crippen LogP contribution in [0.3, 0.4) is 0 Å². The van der Waals surface area contributed by atoms with Crippen molar-refractivity contribution in [3.8, 4) is 0 Å². The minimum absolute atomic E-state index is 0.171. The maximum atomic E-state index is 12.2. The van der Waals surface area contributed by atoms with Crippen molar-refractivity contribution in [3.63, 3.8) is 0 Å². The normalized spacial score (nSPS) is 21.4. The van der Waals surface area contributed by atoms with Crippen LogP contribution < -0.4 is 10.9 Å². The highest BCUT2D eigenvalue weighted by Crippen LogP contribution is 2.35. The van der Waals surface area contributed by atoms with Crippen LogP contribution in [-0.4, -0.2) is 15.5 Å². The number of carbonyl (C=O) groups is 1. The van der Waals surface area contributed by atoms with Crippen LogP contribution in [0.25, 0.3) is 0 Å². The zero-order valence-corrected chi connectivity index (χ0v) is 10.8. The van der Waals surface area contributed by atoms with E-state index in [0.29, 0.717) is 4.47 Å². The summed E-state index contributed by atoms with van der Waals surface area (Å²) in [5.74, 6) is -0.00315. The predicted molar refractivity (Wildman–Crippen MR) is 64.7 cm³/mol. The van der Waals surface area contributed by atoms with Crippen LogP contribution in [-0.2, 0) is 5.66 Å². The van der Waals surface area contributed by atoms with Gasteiger partial charge >= 0.3 is 0 Å². The molecule has 90 valence electrons. The van der Waals surface area contributed by atoms with E-state index in [2.05, 4.69) is 26.2 Å². The fourth-order valence-corrected chi connectivity index (χ4v) is 3.08. The van der Waals surface area contributed by atoms with Gasteiger partial charge in [-0.2, -0.15) is 0 Å². The van der Waals surface area contributed by atoms with Gasteiger partial charge in [0.05, 0.1) is 0 Å². The van der Waals surface area contributed by atoms with E-state index < -0.39 is 5.66 Å². The second-order valence-corrected chi connectivity index (χ2v) is 5.47. The third kappa shape index (κ3) is 1.46. The van der Waals surface area contributed by atoms with E-state index in [1.807, 2.05) is 0 Å². The molecule has 1 aliphatic heterocycles. The Labute approximate surface area is 106 Å². The van der Waals surface area contributed by atoms with Gasteiger partial charge in [-0.25, -0.2) is 4.98 Å². The lowest BCUT2D eigenvalue weighted by atomic mass is 9.89. The molecule has 0 bridgehead atoms. The number of aromatic nitrogens is 2. The van der Waals surface area contributed by atoms with Gasteiger partial charge in [-0.05, 0) is 41.6 Å². The third-order valence-corrected chi connectivity index (χ3v) is 4.12. The van der Waals surface area contributed by atoms with Crippen LogP contribution in [0.1, 0.15) is 42.7 Å². The molecule has 6 heteroatoms. The van der Waals surface area contributed by atoms with Crippen LogP contribution in [0.2, 0.25) is 0 Å². The van der Waals surface area contributed by atoms with E-state index in [9.17, 15) is 9.59 Å². The second kappa shape index (κ2) is 3.66. The van der Waals surface area contributed by atoms with Crippen molar-refractivity contribution in [2.75, 3.05) is 0 Å². The Balaban J connectivity index is 2.23. The van der Waals surface area contributed by atoms with Gasteiger partial charge in [0, 0.05) is 6.20 Å². The van der Waals surface area contributed by atoms with Crippen molar-refractivity contribution in [1.29, 1.82) is 0 Å². The Morgan fingerprint density at radius 3 is 2.71 bits per heavy atom. The molecule has 0 unspecified atom stereocenters. The molecule has 1 aliphatic carbocycles. The number of hydrogen-bond donors (Lipinski definition) is 1. The molecule has 0 radical (unpaired) electrons. The van der Waals surface area contributed by atoms with E-state index in [1.54, 1.807) is 4.57 Å². The molecule has 2 aliphatic rings. The number of nitrogens with zero attached hydrogens (tertiary/aromatic N) is 2. The number of rotatable bonds is 0. The zero-order valence-electron chi connectivity index (χ0n) is 9.20. The molecule has 3 rings (SSSR count). The minimum atomic E-state index is -0.529. The quantitative estimate of drug-likeness (QED) is 0.786. The molecular formula is C11H12BrN3O2. The highest BCUT2D eigenvalue weighted by Gasteiger charge is 2.45. The van der Waals surface area contributed by atoms with Gasteiger partial charge in [0.15, 0.2) is 0 Å². The van der Waals surface area contributed by atoms with E-state index in [4.69, 9.17) is 0 Å². The second-order valence-electron chi connectivity index (χ2n) is 4.62. The van der Waals surface area contributed by atoms with E-state index >= 15 is 0 Å². The fraction of sp³-hybridized carbons (Fsp3) is 0.545. The Bertz CT molecular complexity index is 546. The van der Waals surface area contributed by atoms with Crippen molar-refractivity contribution in [1.82, 2.24) is 14.9 Å². The van der Waals surface area contributed by atoms with Crippen LogP contribution in [0, 0.1) is 0 Å². The van der Waals surface area contributed by atoms with Gasteiger partial charge in [-0.15, -0.1) is 0 Å². The topological polar surface area (TPSA) is 64.0 Å². The summed E-state index contributed by atoms with van der Waals surface area (Å²) in [4.78, 5) is 28.1. The number of carbonyl (C=O) groups excluding carboxylic acids is 1. The highest BCUT2D eigenvalue weighted by atomic mass is 79.9. The molecular weight excluding hydrogens is 286 g/mol. The van der Waals surface area contributed by atoms with Gasteiger partial charge in [-0.3, -0.25) is 14.2 Å². The lowest BCUT2D eigenvalue weighted by molar-refractivity contribution is 0.0875. The van der Waals surface area contributed by atoms with Gasteiger partial charge < -0.3 is 5.32 Å². The average Bonchev–Trinajstić information content (AvgIpc) is 2.58. The summed E-state index contributed by atoms with van der Waals surface area (Å²) in [5.41, 5.74) is -0.700. The van der Waals surface area contributed by atoms with Crippen molar-refractivity contribution in [2.45, 2.75) is 37.8 Å². The predicted octanol–water partition coefficient (Wildman–Crippen LogP) is 1.37. The van der Waals surface area contributed by atoms with Crippen LogP contribution >= 0.6 is 15.9 Å². The lowest BCUT2D eigenvalue weighted by Crippen LogP contribution is -2.48. The Morgan fingerprint density at radius 1 is 1.29 bits per heavy atom. The molecule has 17 heavy (non-hydrogen) atoms. The van der Waals surface area contributed by atoms with Crippen LogP contribution in [0.4, 0.5) is 0 Å². The summed E-state index contributed by atoms with van der Waals surface area (Å²) in [5, 5.41) is 2.94. The molecule has 0 atom stereocenters. The van der Waals surface area contributed by atoms with Crippen LogP contribution in [0.15, 0.2) is 15.5 Å². The monoisotopic (exact) mass is 297 g/mol. The molecule has 1 spiro atoms. The highest BCUT2D eigenvalue weighted by molar-refractivity contribution is 9.10. The van der Waals surface area contributed by atoms with Crippen molar-refractivity contribution in [2.24, 2.45) is 0 Å². The number of fused-ring (bicyclic) bond motifs is 2. The zero-order chi connectivity index (χ0) is 12.0. The molecule has 1 aromatic heterocycles. The van der Waals surface area contributed by atoms with Gasteiger partial charge in [0.25, 0.3) is 11.5 Å². The first-order valence-electron chi connectivity index (χ1n) is 5.75. The minimum Gasteiger partial charge on any atom is -0.326 e. The summed E-state index contributed by atoms with van der Waals surface area (Å²) in [6.45, 7) is 0. The standard InChI is InChI=1S/C11H12BrN3O2/c12-7-6-13-8-9(16)14-11(15(8)10(7)17)4-2-1-3-5-11/h6H,1-5H2,(H,14,16). The Hall–Kier alpha value is -1.17. The molecule has 1 aromatic rings. The number of halogens is 1. The Morgan fingerprint density at radius 2 is 2.00 bits per heavy atom. The van der Waals surface area contributed by atoms with Gasteiger partial charge in [0.2, 0.25) is 5.82 Å². The molecule has 5 nitrogen and oxygen atoms in total. The van der Waals surface area contributed by atoms with E-state index in [-0.39, 0.29) is 17.3 Å². The number of amides is 1. The maximum absolute atomic E-state index is 12.2. The molecule has 2 heterocycles. The molecule has 1 N–H and O–H groups in total. The largest absolute Gasteiger partial charge is 0.326 e. The third-order valence-electron chi connectivity index (χ3n) is 3.58. The first kappa shape index (κ1) is 11.0. The van der Waals surface area contributed by atoms with Gasteiger partial charge in [0.1, 0.15) is 10.1 Å². The summed E-state index contributed by atoms with van der Waals surface area (Å²) < 4.78 is 1.95. The van der Waals surface area contributed by atoms with Crippen molar-refractivity contribution >= 4 is 21.8 Å². The number of hydrogen-bond acceptors (Lipinski definition) is 3. The smallest absolute Gasteiger partial charge is 0.289 e. The summed E-state index contributed by atoms with van der Waals surface area (Å²) >= 11 is 3.18. The van der Waals surface area contributed by atoms with Crippen molar-refractivity contribution < 1.29 is 4.79 Å². The summed E-state index contributed by atoms with van der Waals surface area (Å²) in [6, 6.07) is 0. The maximum Gasteiger partial charge on any atom is 0.289 e. The van der Waals surface area contributed by atoms with E-state index in [0.717, 1.165) is 32.1 Å².